The summed E-state index contributed by atoms with van der Waals surface area (Å²) in [6, 6.07) is 7.22. The molecule has 1 fully saturated rings. The second-order valence-electron chi connectivity index (χ2n) is 7.26. The van der Waals surface area contributed by atoms with Gasteiger partial charge in [-0.3, -0.25) is 14.7 Å². The summed E-state index contributed by atoms with van der Waals surface area (Å²) in [6.07, 6.45) is 5.23. The summed E-state index contributed by atoms with van der Waals surface area (Å²) in [5.41, 5.74) is 2.86. The van der Waals surface area contributed by atoms with Crippen molar-refractivity contribution < 1.29 is 9.53 Å². The molecule has 1 aliphatic heterocycles. The molecule has 1 aromatic carbocycles. The molecule has 0 radical (unpaired) electrons. The topological polar surface area (TPSA) is 67.3 Å². The van der Waals surface area contributed by atoms with Crippen LogP contribution in [0.15, 0.2) is 29.1 Å². The summed E-state index contributed by atoms with van der Waals surface area (Å²) in [6.45, 7) is 5.43. The van der Waals surface area contributed by atoms with Crippen LogP contribution in [0, 0.1) is 6.92 Å². The van der Waals surface area contributed by atoms with E-state index >= 15 is 0 Å². The number of carbonyl (C=O) groups excluding carboxylic acids is 1. The Balaban J connectivity index is 1.69. The van der Waals surface area contributed by atoms with E-state index in [1.165, 1.54) is 4.68 Å². The van der Waals surface area contributed by atoms with Crippen LogP contribution >= 0.6 is 0 Å². The van der Waals surface area contributed by atoms with Gasteiger partial charge >= 0.3 is 0 Å². The average Bonchev–Trinajstić information content (AvgIpc) is 3.28. The molecule has 1 amide bonds. The number of hydrogen-bond acceptors (Lipinski definition) is 3. The van der Waals surface area contributed by atoms with Crippen molar-refractivity contribution in [3.8, 4) is 5.69 Å². The van der Waals surface area contributed by atoms with Crippen molar-refractivity contribution in [1.29, 1.82) is 0 Å². The molecule has 27 heavy (non-hydrogen) atoms. The minimum Gasteiger partial charge on any atom is -0.378 e. The minimum absolute atomic E-state index is 0.0313. The lowest BCUT2D eigenvalue weighted by molar-refractivity contribution is 0.0763. The van der Waals surface area contributed by atoms with Gasteiger partial charge in [0.25, 0.3) is 11.5 Å². The first kappa shape index (κ1) is 19.4. The van der Waals surface area contributed by atoms with Gasteiger partial charge in [-0.2, -0.15) is 0 Å². The molecule has 2 aromatic rings. The molecule has 0 unspecified atom stereocenters. The molecule has 1 aliphatic rings. The number of ether oxygens (including phenoxy) is 1. The van der Waals surface area contributed by atoms with Crippen LogP contribution in [0.5, 0.6) is 0 Å². The van der Waals surface area contributed by atoms with Crippen molar-refractivity contribution in [3.63, 3.8) is 0 Å². The number of hydrogen-bond donors (Lipinski definition) is 1. The Labute approximate surface area is 160 Å². The predicted octanol–water partition coefficient (Wildman–Crippen LogP) is 3.07. The zero-order chi connectivity index (χ0) is 19.4. The number of carbonyl (C=O) groups is 1. The smallest absolute Gasteiger partial charge is 0.274 e. The van der Waals surface area contributed by atoms with E-state index in [0.717, 1.165) is 43.5 Å². The van der Waals surface area contributed by atoms with Gasteiger partial charge in [0.1, 0.15) is 0 Å². The number of H-pyrrole nitrogens is 1. The number of rotatable bonds is 7. The molecule has 0 spiro atoms. The first-order valence-electron chi connectivity index (χ1n) is 9.79. The van der Waals surface area contributed by atoms with Gasteiger partial charge in [-0.05, 0) is 57.2 Å². The monoisotopic (exact) mass is 371 g/mol. The van der Waals surface area contributed by atoms with Gasteiger partial charge in [-0.1, -0.05) is 13.0 Å². The van der Waals surface area contributed by atoms with Crippen molar-refractivity contribution in [2.24, 2.45) is 0 Å². The van der Waals surface area contributed by atoms with Gasteiger partial charge < -0.3 is 9.64 Å². The number of nitrogens with zero attached hydrogens (tertiary/aromatic N) is 2. The fraction of sp³-hybridized carbons (Fsp3) is 0.524. The minimum atomic E-state index is -0.0514. The van der Waals surface area contributed by atoms with Crippen LogP contribution in [0.3, 0.4) is 0 Å². The SMILES string of the molecule is CCc1c(C)[nH]n(-c2cccc(C(=O)N(C)CCC[C@@H]3CCCO3)c2)c1=O. The maximum Gasteiger partial charge on any atom is 0.274 e. The summed E-state index contributed by atoms with van der Waals surface area (Å²) in [5.74, 6) is -0.0313. The van der Waals surface area contributed by atoms with Crippen LogP contribution in [0.25, 0.3) is 5.69 Å². The highest BCUT2D eigenvalue weighted by atomic mass is 16.5. The molecule has 2 heterocycles. The fourth-order valence-corrected chi connectivity index (χ4v) is 3.71. The van der Waals surface area contributed by atoms with Gasteiger partial charge in [0.05, 0.1) is 11.8 Å². The van der Waals surface area contributed by atoms with E-state index in [-0.39, 0.29) is 11.5 Å². The molecule has 1 saturated heterocycles. The molecule has 6 heteroatoms. The van der Waals surface area contributed by atoms with E-state index in [1.807, 2.05) is 33.0 Å². The maximum absolute atomic E-state index is 12.8. The number of aromatic amines is 1. The molecule has 1 aromatic heterocycles. The third-order valence-electron chi connectivity index (χ3n) is 5.29. The molecule has 3 rings (SSSR count). The zero-order valence-electron chi connectivity index (χ0n) is 16.5. The van der Waals surface area contributed by atoms with Gasteiger partial charge in [0.15, 0.2) is 0 Å². The maximum atomic E-state index is 12.8. The fourth-order valence-electron chi connectivity index (χ4n) is 3.71. The summed E-state index contributed by atoms with van der Waals surface area (Å²) < 4.78 is 7.15. The number of amides is 1. The summed E-state index contributed by atoms with van der Waals surface area (Å²) in [5, 5.41) is 3.11. The standard InChI is InChI=1S/C21H29N3O3/c1-4-19-15(2)22-24(21(19)26)17-9-5-8-16(14-17)20(25)23(3)12-6-10-18-11-7-13-27-18/h5,8-9,14,18,22H,4,6-7,10-13H2,1-3H3/t18-/m1/s1. The van der Waals surface area contributed by atoms with E-state index in [1.54, 1.807) is 17.0 Å². The van der Waals surface area contributed by atoms with Crippen LogP contribution in [-0.2, 0) is 11.2 Å². The molecule has 1 atom stereocenters. The lowest BCUT2D eigenvalue weighted by Crippen LogP contribution is -2.28. The number of aryl methyl sites for hydroxylation is 1. The molecule has 1 N–H and O–H groups in total. The van der Waals surface area contributed by atoms with Crippen LogP contribution in [0.2, 0.25) is 0 Å². The molecular weight excluding hydrogens is 342 g/mol. The van der Waals surface area contributed by atoms with Crippen molar-refractivity contribution in [3.05, 3.63) is 51.4 Å². The van der Waals surface area contributed by atoms with Crippen molar-refractivity contribution in [2.75, 3.05) is 20.2 Å². The Morgan fingerprint density at radius 3 is 2.89 bits per heavy atom. The van der Waals surface area contributed by atoms with Gasteiger partial charge in [0, 0.05) is 37.0 Å². The van der Waals surface area contributed by atoms with Gasteiger partial charge in [-0.25, -0.2) is 4.68 Å². The number of nitrogens with one attached hydrogen (secondary N) is 1. The van der Waals surface area contributed by atoms with Crippen LogP contribution in [0.1, 0.15) is 54.2 Å². The quantitative estimate of drug-likeness (QED) is 0.813. The number of benzene rings is 1. The zero-order valence-corrected chi connectivity index (χ0v) is 16.5. The highest BCUT2D eigenvalue weighted by molar-refractivity contribution is 5.94. The molecule has 0 aliphatic carbocycles. The molecule has 0 saturated carbocycles. The molecule has 0 bridgehead atoms. The van der Waals surface area contributed by atoms with E-state index in [0.29, 0.717) is 30.3 Å². The average molecular weight is 371 g/mol. The molecule has 146 valence electrons. The summed E-state index contributed by atoms with van der Waals surface area (Å²) >= 11 is 0. The Morgan fingerprint density at radius 2 is 2.22 bits per heavy atom. The van der Waals surface area contributed by atoms with E-state index in [4.69, 9.17) is 4.74 Å². The Morgan fingerprint density at radius 1 is 1.41 bits per heavy atom. The van der Waals surface area contributed by atoms with Gasteiger partial charge in [-0.15, -0.1) is 0 Å². The number of aromatic nitrogens is 2. The first-order valence-corrected chi connectivity index (χ1v) is 9.79. The van der Waals surface area contributed by atoms with E-state index in [9.17, 15) is 9.59 Å². The second kappa shape index (κ2) is 8.57. The second-order valence-corrected chi connectivity index (χ2v) is 7.26. The van der Waals surface area contributed by atoms with Crippen LogP contribution < -0.4 is 5.56 Å². The Kier molecular flexibility index (Phi) is 6.16. The summed E-state index contributed by atoms with van der Waals surface area (Å²) in [4.78, 5) is 27.0. The van der Waals surface area contributed by atoms with Crippen molar-refractivity contribution in [1.82, 2.24) is 14.7 Å². The third-order valence-corrected chi connectivity index (χ3v) is 5.29. The third kappa shape index (κ3) is 4.33. The van der Waals surface area contributed by atoms with Gasteiger partial charge in [0.2, 0.25) is 0 Å². The largest absolute Gasteiger partial charge is 0.378 e. The van der Waals surface area contributed by atoms with Crippen LogP contribution in [-0.4, -0.2) is 46.9 Å². The van der Waals surface area contributed by atoms with Crippen LogP contribution in [0.4, 0.5) is 0 Å². The van der Waals surface area contributed by atoms with Crippen molar-refractivity contribution in [2.45, 2.75) is 52.1 Å². The first-order chi connectivity index (χ1) is 13.0. The highest BCUT2D eigenvalue weighted by Crippen LogP contribution is 2.17. The predicted molar refractivity (Wildman–Crippen MR) is 106 cm³/mol. The van der Waals surface area contributed by atoms with E-state index in [2.05, 4.69) is 5.10 Å². The van der Waals surface area contributed by atoms with E-state index < -0.39 is 0 Å². The lowest BCUT2D eigenvalue weighted by Gasteiger charge is -2.18. The highest BCUT2D eigenvalue weighted by Gasteiger charge is 2.17. The Hall–Kier alpha value is -2.34. The summed E-state index contributed by atoms with van der Waals surface area (Å²) in [7, 11) is 1.82. The molecule has 6 nitrogen and oxygen atoms in total. The molecular formula is C21H29N3O3. The lowest BCUT2D eigenvalue weighted by atomic mass is 10.1. The normalized spacial score (nSPS) is 16.6. The van der Waals surface area contributed by atoms with Crippen molar-refractivity contribution >= 4 is 5.91 Å². The Bertz CT molecular complexity index is 847.